The van der Waals surface area contributed by atoms with Crippen molar-refractivity contribution in [3.05, 3.63) is 18.0 Å². The van der Waals surface area contributed by atoms with Crippen LogP contribution in [0.15, 0.2) is 12.3 Å². The van der Waals surface area contributed by atoms with Gasteiger partial charge in [-0.1, -0.05) is 0 Å². The Bertz CT molecular complexity index is 1110. The zero-order valence-corrected chi connectivity index (χ0v) is 19.3. The highest BCUT2D eigenvalue weighted by Gasteiger charge is 2.44. The summed E-state index contributed by atoms with van der Waals surface area (Å²) in [6.07, 6.45) is 1.72. The standard InChI is InChI=1S/C20H28F3N7O2S/c1-12(21)15-10-13-11-25-19(26-14-5-8-30(9-6-14)33(31,32)24-2)29-17(13)18(27-15)28-16-4-3-7-20(16,22)23/h10-12,14,16,24H,3-9H2,1-2H3,(H,27,28)(H,25,26,29)/t12?,16-/m1/s1. The van der Waals surface area contributed by atoms with Crippen LogP contribution in [-0.2, 0) is 10.2 Å². The summed E-state index contributed by atoms with van der Waals surface area (Å²) in [5.41, 5.74) is 0.448. The lowest BCUT2D eigenvalue weighted by Crippen LogP contribution is -2.46. The Morgan fingerprint density at radius 3 is 2.52 bits per heavy atom. The van der Waals surface area contributed by atoms with Crippen molar-refractivity contribution in [2.75, 3.05) is 30.8 Å². The van der Waals surface area contributed by atoms with E-state index in [1.54, 1.807) is 0 Å². The number of piperidine rings is 1. The van der Waals surface area contributed by atoms with E-state index in [-0.39, 0.29) is 36.3 Å². The number of anilines is 2. The van der Waals surface area contributed by atoms with Gasteiger partial charge in [-0.15, -0.1) is 0 Å². The third-order valence-corrected chi connectivity index (χ3v) is 7.76. The number of rotatable bonds is 7. The summed E-state index contributed by atoms with van der Waals surface area (Å²) in [5.74, 6) is -2.48. The minimum atomic E-state index is -3.47. The van der Waals surface area contributed by atoms with Crippen LogP contribution in [0.5, 0.6) is 0 Å². The molecule has 0 radical (unpaired) electrons. The average Bonchev–Trinajstić information content (AvgIpc) is 3.11. The van der Waals surface area contributed by atoms with Gasteiger partial charge in [0.2, 0.25) is 5.95 Å². The molecule has 0 spiro atoms. The Labute approximate surface area is 190 Å². The fourth-order valence-electron chi connectivity index (χ4n) is 4.26. The lowest BCUT2D eigenvalue weighted by molar-refractivity contribution is -0.000659. The third kappa shape index (κ3) is 5.14. The molecule has 0 bridgehead atoms. The zero-order chi connectivity index (χ0) is 23.8. The first kappa shape index (κ1) is 23.9. The van der Waals surface area contributed by atoms with Crippen molar-refractivity contribution in [1.82, 2.24) is 24.0 Å². The Morgan fingerprint density at radius 2 is 1.91 bits per heavy atom. The molecule has 4 rings (SSSR count). The van der Waals surface area contributed by atoms with E-state index < -0.39 is 28.3 Å². The maximum Gasteiger partial charge on any atom is 0.279 e. The second-order valence-corrected chi connectivity index (χ2v) is 10.4. The number of hydrogen-bond acceptors (Lipinski definition) is 7. The van der Waals surface area contributed by atoms with Crippen LogP contribution in [0.4, 0.5) is 24.9 Å². The largest absolute Gasteiger partial charge is 0.359 e. The molecule has 13 heteroatoms. The second kappa shape index (κ2) is 9.18. The van der Waals surface area contributed by atoms with E-state index in [0.717, 1.165) is 0 Å². The molecular weight excluding hydrogens is 459 g/mol. The molecule has 1 aliphatic carbocycles. The van der Waals surface area contributed by atoms with Gasteiger partial charge in [-0.05, 0) is 38.7 Å². The van der Waals surface area contributed by atoms with Crippen LogP contribution in [0.25, 0.3) is 10.9 Å². The van der Waals surface area contributed by atoms with Crippen LogP contribution in [0.1, 0.15) is 50.9 Å². The Kier molecular flexibility index (Phi) is 6.65. The molecule has 33 heavy (non-hydrogen) atoms. The summed E-state index contributed by atoms with van der Waals surface area (Å²) in [4.78, 5) is 13.0. The SMILES string of the molecule is CNS(=O)(=O)N1CCC(Nc2ncc3cc(C(C)F)nc(N[C@@H]4CCCC4(F)F)c3n2)CC1. The van der Waals surface area contributed by atoms with E-state index >= 15 is 0 Å². The Morgan fingerprint density at radius 1 is 1.18 bits per heavy atom. The maximum atomic E-state index is 14.2. The van der Waals surface area contributed by atoms with Crippen molar-refractivity contribution in [3.63, 3.8) is 0 Å². The fraction of sp³-hybridized carbons (Fsp3) is 0.650. The molecule has 2 aliphatic rings. The van der Waals surface area contributed by atoms with Crippen LogP contribution in [0.2, 0.25) is 0 Å². The summed E-state index contributed by atoms with van der Waals surface area (Å²) in [6.45, 7) is 2.02. The average molecular weight is 488 g/mol. The molecule has 0 amide bonds. The third-order valence-electron chi connectivity index (χ3n) is 6.20. The van der Waals surface area contributed by atoms with Crippen molar-refractivity contribution in [1.29, 1.82) is 0 Å². The molecule has 2 aromatic rings. The van der Waals surface area contributed by atoms with Gasteiger partial charge in [0.1, 0.15) is 11.7 Å². The van der Waals surface area contributed by atoms with Crippen LogP contribution in [-0.4, -0.2) is 65.8 Å². The number of alkyl halides is 3. The first-order valence-electron chi connectivity index (χ1n) is 11.0. The highest BCUT2D eigenvalue weighted by atomic mass is 32.2. The van der Waals surface area contributed by atoms with Gasteiger partial charge in [0, 0.05) is 44.2 Å². The monoisotopic (exact) mass is 487 g/mol. The fourth-order valence-corrected chi connectivity index (χ4v) is 5.21. The minimum absolute atomic E-state index is 0.0561. The molecule has 2 atom stereocenters. The molecule has 1 unspecified atom stereocenters. The first-order chi connectivity index (χ1) is 15.6. The molecule has 3 heterocycles. The Balaban J connectivity index is 1.57. The van der Waals surface area contributed by atoms with Crippen LogP contribution < -0.4 is 15.4 Å². The summed E-state index contributed by atoms with van der Waals surface area (Å²) >= 11 is 0. The van der Waals surface area contributed by atoms with Gasteiger partial charge in [0.15, 0.2) is 5.82 Å². The summed E-state index contributed by atoms with van der Waals surface area (Å²) in [7, 11) is -2.09. The van der Waals surface area contributed by atoms with Crippen molar-refractivity contribution >= 4 is 32.9 Å². The number of nitrogens with one attached hydrogen (secondary N) is 3. The predicted molar refractivity (Wildman–Crippen MR) is 119 cm³/mol. The van der Waals surface area contributed by atoms with Crippen LogP contribution in [0, 0.1) is 0 Å². The summed E-state index contributed by atoms with van der Waals surface area (Å²) < 4.78 is 70.0. The lowest BCUT2D eigenvalue weighted by Gasteiger charge is -2.31. The van der Waals surface area contributed by atoms with Gasteiger partial charge in [-0.25, -0.2) is 32.8 Å². The summed E-state index contributed by atoms with van der Waals surface area (Å²) in [5, 5.41) is 6.49. The number of halogens is 3. The molecule has 1 saturated carbocycles. The lowest BCUT2D eigenvalue weighted by atomic mass is 10.1. The zero-order valence-electron chi connectivity index (χ0n) is 18.5. The van der Waals surface area contributed by atoms with Gasteiger partial charge in [-0.2, -0.15) is 12.7 Å². The topological polar surface area (TPSA) is 112 Å². The number of aromatic nitrogens is 3. The predicted octanol–water partition coefficient (Wildman–Crippen LogP) is 3.00. The van der Waals surface area contributed by atoms with E-state index in [1.165, 1.54) is 30.5 Å². The molecule has 9 nitrogen and oxygen atoms in total. The number of nitrogens with zero attached hydrogens (tertiary/aromatic N) is 4. The molecule has 2 fully saturated rings. The smallest absolute Gasteiger partial charge is 0.279 e. The van der Waals surface area contributed by atoms with E-state index in [1.807, 2.05) is 0 Å². The van der Waals surface area contributed by atoms with Crippen molar-refractivity contribution < 1.29 is 21.6 Å². The number of fused-ring (bicyclic) bond motifs is 1. The van der Waals surface area contributed by atoms with Gasteiger partial charge < -0.3 is 10.6 Å². The summed E-state index contributed by atoms with van der Waals surface area (Å²) in [6, 6.07) is 0.366. The molecule has 182 valence electrons. The van der Waals surface area contributed by atoms with Gasteiger partial charge in [0.25, 0.3) is 16.1 Å². The van der Waals surface area contributed by atoms with Gasteiger partial charge >= 0.3 is 0 Å². The first-order valence-corrected chi connectivity index (χ1v) is 12.4. The van der Waals surface area contributed by atoms with Gasteiger partial charge in [-0.3, -0.25) is 0 Å². The van der Waals surface area contributed by atoms with E-state index in [9.17, 15) is 21.6 Å². The quantitative estimate of drug-likeness (QED) is 0.550. The van der Waals surface area contributed by atoms with Crippen LogP contribution >= 0.6 is 0 Å². The molecular formula is C20H28F3N7O2S. The van der Waals surface area contributed by atoms with Crippen molar-refractivity contribution in [2.24, 2.45) is 0 Å². The van der Waals surface area contributed by atoms with E-state index in [4.69, 9.17) is 0 Å². The normalized spacial score (nSPS) is 23.0. The van der Waals surface area contributed by atoms with Crippen LogP contribution in [0.3, 0.4) is 0 Å². The Hall–Kier alpha value is -2.25. The number of pyridine rings is 1. The highest BCUT2D eigenvalue weighted by molar-refractivity contribution is 7.87. The molecule has 3 N–H and O–H groups in total. The van der Waals surface area contributed by atoms with E-state index in [0.29, 0.717) is 43.3 Å². The number of hydrogen-bond donors (Lipinski definition) is 3. The van der Waals surface area contributed by atoms with Gasteiger partial charge in [0.05, 0.1) is 11.7 Å². The minimum Gasteiger partial charge on any atom is -0.359 e. The molecule has 2 aromatic heterocycles. The molecule has 0 aromatic carbocycles. The second-order valence-electron chi connectivity index (χ2n) is 8.52. The maximum absolute atomic E-state index is 14.2. The van der Waals surface area contributed by atoms with Crippen molar-refractivity contribution in [3.8, 4) is 0 Å². The van der Waals surface area contributed by atoms with E-state index in [2.05, 4.69) is 30.3 Å². The molecule has 1 aliphatic heterocycles. The molecule has 1 saturated heterocycles. The highest BCUT2D eigenvalue weighted by Crippen LogP contribution is 2.38. The van der Waals surface area contributed by atoms with Crippen molar-refractivity contribution in [2.45, 2.75) is 63.2 Å².